The number of carbonyl (C=O) groups is 1. The summed E-state index contributed by atoms with van der Waals surface area (Å²) in [4.78, 5) is 18.3. The lowest BCUT2D eigenvalue weighted by Crippen LogP contribution is -2.37. The molecule has 0 saturated heterocycles. The number of rotatable bonds is 5. The van der Waals surface area contributed by atoms with Gasteiger partial charge in [0.25, 0.3) is 0 Å². The Hall–Kier alpha value is -2.56. The molecular weight excluding hydrogens is 278 g/mol. The number of nitrogens with one attached hydrogen (secondary N) is 1. The Bertz CT molecular complexity index is 616. The van der Waals surface area contributed by atoms with Gasteiger partial charge in [0.1, 0.15) is 5.75 Å². The van der Waals surface area contributed by atoms with E-state index in [1.54, 1.807) is 24.4 Å². The van der Waals surface area contributed by atoms with Crippen LogP contribution in [0.4, 0.5) is 10.5 Å². The van der Waals surface area contributed by atoms with Gasteiger partial charge in [-0.2, -0.15) is 0 Å². The molecule has 0 unspecified atom stereocenters. The van der Waals surface area contributed by atoms with Crippen molar-refractivity contribution in [3.63, 3.8) is 0 Å². The van der Waals surface area contributed by atoms with Crippen molar-refractivity contribution in [3.8, 4) is 5.75 Å². The highest BCUT2D eigenvalue weighted by Gasteiger charge is 2.20. The Labute approximate surface area is 130 Å². The number of anilines is 1. The summed E-state index contributed by atoms with van der Waals surface area (Å²) in [6.07, 6.45) is 3.47. The molecule has 2 rings (SSSR count). The molecule has 0 spiro atoms. The van der Waals surface area contributed by atoms with Crippen molar-refractivity contribution in [1.82, 2.24) is 9.88 Å². The molecule has 0 aliphatic carbocycles. The van der Waals surface area contributed by atoms with Crippen LogP contribution in [-0.2, 0) is 0 Å². The van der Waals surface area contributed by atoms with E-state index in [0.717, 1.165) is 5.56 Å². The third kappa shape index (κ3) is 3.55. The van der Waals surface area contributed by atoms with E-state index in [1.807, 2.05) is 50.2 Å². The number of carbonyl (C=O) groups excluding carboxylic acids is 1. The highest BCUT2D eigenvalue weighted by atomic mass is 16.5. The number of para-hydroxylation sites is 2. The largest absolute Gasteiger partial charge is 0.495 e. The maximum atomic E-state index is 12.6. The second-order valence-electron chi connectivity index (χ2n) is 4.87. The van der Waals surface area contributed by atoms with Gasteiger partial charge in [0, 0.05) is 18.9 Å². The maximum Gasteiger partial charge on any atom is 0.322 e. The number of hydrogen-bond acceptors (Lipinski definition) is 3. The summed E-state index contributed by atoms with van der Waals surface area (Å²) < 4.78 is 5.26. The van der Waals surface area contributed by atoms with Gasteiger partial charge in [-0.15, -0.1) is 0 Å². The topological polar surface area (TPSA) is 54.5 Å². The number of benzene rings is 1. The molecule has 1 N–H and O–H groups in total. The Morgan fingerprint density at radius 1 is 1.27 bits per heavy atom. The first-order valence-electron chi connectivity index (χ1n) is 7.28. The van der Waals surface area contributed by atoms with Crippen molar-refractivity contribution in [2.45, 2.75) is 19.9 Å². The molecule has 5 heteroatoms. The third-order valence-electron chi connectivity index (χ3n) is 3.61. The van der Waals surface area contributed by atoms with Gasteiger partial charge in [0.15, 0.2) is 0 Å². The molecule has 0 aliphatic heterocycles. The first-order chi connectivity index (χ1) is 10.7. The third-order valence-corrected chi connectivity index (χ3v) is 3.61. The van der Waals surface area contributed by atoms with E-state index in [2.05, 4.69) is 10.3 Å². The van der Waals surface area contributed by atoms with E-state index in [-0.39, 0.29) is 12.1 Å². The van der Waals surface area contributed by atoms with Gasteiger partial charge in [-0.05, 0) is 43.7 Å². The summed E-state index contributed by atoms with van der Waals surface area (Å²) in [5.41, 5.74) is 1.71. The van der Waals surface area contributed by atoms with Crippen molar-refractivity contribution in [2.75, 3.05) is 19.0 Å². The van der Waals surface area contributed by atoms with Crippen LogP contribution in [0.1, 0.15) is 25.5 Å². The van der Waals surface area contributed by atoms with Gasteiger partial charge >= 0.3 is 6.03 Å². The number of amides is 2. The number of urea groups is 1. The molecule has 2 aromatic rings. The summed E-state index contributed by atoms with van der Waals surface area (Å²) in [7, 11) is 1.59. The van der Waals surface area contributed by atoms with E-state index in [0.29, 0.717) is 18.0 Å². The highest BCUT2D eigenvalue weighted by molar-refractivity contribution is 5.91. The average molecular weight is 299 g/mol. The SMILES string of the molecule is CCN(C(=O)Nc1ccccc1OC)[C@H](C)c1ccncc1. The van der Waals surface area contributed by atoms with Crippen molar-refractivity contribution in [3.05, 3.63) is 54.4 Å². The number of nitrogens with zero attached hydrogens (tertiary/aromatic N) is 2. The molecule has 0 saturated carbocycles. The minimum Gasteiger partial charge on any atom is -0.495 e. The zero-order chi connectivity index (χ0) is 15.9. The van der Waals surface area contributed by atoms with E-state index in [9.17, 15) is 4.79 Å². The molecule has 0 radical (unpaired) electrons. The Morgan fingerprint density at radius 2 is 1.95 bits per heavy atom. The first kappa shape index (κ1) is 15.8. The zero-order valence-corrected chi connectivity index (χ0v) is 13.1. The quantitative estimate of drug-likeness (QED) is 0.915. The van der Waals surface area contributed by atoms with Gasteiger partial charge in [0.2, 0.25) is 0 Å². The van der Waals surface area contributed by atoms with Crippen LogP contribution in [0.2, 0.25) is 0 Å². The molecule has 0 aliphatic rings. The minimum absolute atomic E-state index is 0.0392. The molecule has 0 fully saturated rings. The second kappa shape index (κ2) is 7.45. The molecule has 1 aromatic carbocycles. The fourth-order valence-corrected chi connectivity index (χ4v) is 2.35. The number of hydrogen-bond donors (Lipinski definition) is 1. The van der Waals surface area contributed by atoms with E-state index >= 15 is 0 Å². The fraction of sp³-hybridized carbons (Fsp3) is 0.294. The maximum absolute atomic E-state index is 12.6. The standard InChI is InChI=1S/C17H21N3O2/c1-4-20(13(2)14-9-11-18-12-10-14)17(21)19-15-7-5-6-8-16(15)22-3/h5-13H,4H2,1-3H3,(H,19,21)/t13-/m1/s1. The van der Waals surface area contributed by atoms with Crippen LogP contribution in [0.5, 0.6) is 5.75 Å². The van der Waals surface area contributed by atoms with Crippen molar-refractivity contribution in [1.29, 1.82) is 0 Å². The van der Waals surface area contributed by atoms with Gasteiger partial charge in [-0.25, -0.2) is 4.79 Å². The lowest BCUT2D eigenvalue weighted by atomic mass is 10.1. The van der Waals surface area contributed by atoms with Crippen molar-refractivity contribution >= 4 is 11.7 Å². The molecule has 5 nitrogen and oxygen atoms in total. The summed E-state index contributed by atoms with van der Waals surface area (Å²) in [5, 5.41) is 2.91. The van der Waals surface area contributed by atoms with E-state index < -0.39 is 0 Å². The lowest BCUT2D eigenvalue weighted by molar-refractivity contribution is 0.197. The van der Waals surface area contributed by atoms with Gasteiger partial charge in [-0.3, -0.25) is 4.98 Å². The number of pyridine rings is 1. The Morgan fingerprint density at radius 3 is 2.59 bits per heavy atom. The van der Waals surface area contributed by atoms with Crippen LogP contribution < -0.4 is 10.1 Å². The monoisotopic (exact) mass is 299 g/mol. The molecule has 0 bridgehead atoms. The normalized spacial score (nSPS) is 11.6. The summed E-state index contributed by atoms with van der Waals surface area (Å²) >= 11 is 0. The van der Waals surface area contributed by atoms with Crippen molar-refractivity contribution in [2.24, 2.45) is 0 Å². The molecule has 1 heterocycles. The van der Waals surface area contributed by atoms with Crippen LogP contribution in [0.3, 0.4) is 0 Å². The van der Waals surface area contributed by atoms with Crippen LogP contribution in [0.25, 0.3) is 0 Å². The first-order valence-corrected chi connectivity index (χ1v) is 7.28. The van der Waals surface area contributed by atoms with Crippen LogP contribution >= 0.6 is 0 Å². The second-order valence-corrected chi connectivity index (χ2v) is 4.87. The average Bonchev–Trinajstić information content (AvgIpc) is 2.56. The predicted molar refractivity (Wildman–Crippen MR) is 87.0 cm³/mol. The predicted octanol–water partition coefficient (Wildman–Crippen LogP) is 3.71. The van der Waals surface area contributed by atoms with Gasteiger partial charge in [-0.1, -0.05) is 12.1 Å². The van der Waals surface area contributed by atoms with Crippen LogP contribution in [0.15, 0.2) is 48.8 Å². The summed E-state index contributed by atoms with van der Waals surface area (Å²) in [6.45, 7) is 4.56. The molecular formula is C17H21N3O2. The zero-order valence-electron chi connectivity index (χ0n) is 13.1. The summed E-state index contributed by atoms with van der Waals surface area (Å²) in [6, 6.07) is 11.0. The summed E-state index contributed by atoms with van der Waals surface area (Å²) in [5.74, 6) is 0.642. The number of ether oxygens (including phenoxy) is 1. The van der Waals surface area contributed by atoms with Crippen LogP contribution in [-0.4, -0.2) is 29.6 Å². The van der Waals surface area contributed by atoms with E-state index in [4.69, 9.17) is 4.74 Å². The smallest absolute Gasteiger partial charge is 0.322 e. The highest BCUT2D eigenvalue weighted by Crippen LogP contribution is 2.25. The molecule has 1 aromatic heterocycles. The van der Waals surface area contributed by atoms with E-state index in [1.165, 1.54) is 0 Å². The molecule has 2 amide bonds. The van der Waals surface area contributed by atoms with Crippen molar-refractivity contribution < 1.29 is 9.53 Å². The van der Waals surface area contributed by atoms with Gasteiger partial charge in [0.05, 0.1) is 18.8 Å². The number of aromatic nitrogens is 1. The Balaban J connectivity index is 2.15. The fourth-order valence-electron chi connectivity index (χ4n) is 2.35. The minimum atomic E-state index is -0.156. The molecule has 22 heavy (non-hydrogen) atoms. The number of methoxy groups -OCH3 is 1. The van der Waals surface area contributed by atoms with Crippen LogP contribution in [0, 0.1) is 0 Å². The molecule has 1 atom stereocenters. The van der Waals surface area contributed by atoms with Gasteiger partial charge < -0.3 is 15.0 Å². The Kier molecular flexibility index (Phi) is 5.36. The lowest BCUT2D eigenvalue weighted by Gasteiger charge is -2.28. The molecule has 116 valence electrons.